The average molecular weight is 318 g/mol. The molecule has 1 aromatic carbocycles. The minimum absolute atomic E-state index is 0.0225. The molecule has 1 saturated heterocycles. The summed E-state index contributed by atoms with van der Waals surface area (Å²) < 4.78 is 5.08. The number of hydrogen-bond acceptors (Lipinski definition) is 4. The van der Waals surface area contributed by atoms with E-state index in [1.807, 2.05) is 19.1 Å². The minimum Gasteiger partial charge on any atom is -0.455 e. The SMILES string of the molecule is CC(=O)N1CCC(C(=O)OCC(=O)Nc2ccc(C)cc2)CC1. The summed E-state index contributed by atoms with van der Waals surface area (Å²) in [6.45, 7) is 4.31. The fraction of sp³-hybridized carbons (Fsp3) is 0.471. The molecule has 0 spiro atoms. The Balaban J connectivity index is 1.73. The van der Waals surface area contributed by atoms with Gasteiger partial charge in [-0.25, -0.2) is 0 Å². The summed E-state index contributed by atoms with van der Waals surface area (Å²) in [5.74, 6) is -0.942. The van der Waals surface area contributed by atoms with E-state index in [0.717, 1.165) is 5.56 Å². The number of rotatable bonds is 4. The molecule has 124 valence electrons. The molecule has 0 bridgehead atoms. The third-order valence-corrected chi connectivity index (χ3v) is 3.95. The first kappa shape index (κ1) is 17.0. The number of piperidine rings is 1. The minimum atomic E-state index is -0.368. The Morgan fingerprint density at radius 2 is 1.78 bits per heavy atom. The molecule has 1 N–H and O–H groups in total. The third kappa shape index (κ3) is 5.09. The quantitative estimate of drug-likeness (QED) is 0.858. The zero-order chi connectivity index (χ0) is 16.8. The first-order chi connectivity index (χ1) is 11.0. The number of nitrogens with zero attached hydrogens (tertiary/aromatic N) is 1. The fourth-order valence-electron chi connectivity index (χ4n) is 2.52. The summed E-state index contributed by atoms with van der Waals surface area (Å²) >= 11 is 0. The number of hydrogen-bond donors (Lipinski definition) is 1. The van der Waals surface area contributed by atoms with E-state index < -0.39 is 0 Å². The van der Waals surface area contributed by atoms with E-state index in [1.165, 1.54) is 6.92 Å². The highest BCUT2D eigenvalue weighted by atomic mass is 16.5. The molecule has 6 nitrogen and oxygen atoms in total. The van der Waals surface area contributed by atoms with Gasteiger partial charge in [-0.2, -0.15) is 0 Å². The van der Waals surface area contributed by atoms with Crippen LogP contribution in [0.2, 0.25) is 0 Å². The van der Waals surface area contributed by atoms with Crippen molar-refractivity contribution in [3.05, 3.63) is 29.8 Å². The van der Waals surface area contributed by atoms with Gasteiger partial charge in [0.2, 0.25) is 5.91 Å². The Bertz CT molecular complexity index is 575. The summed E-state index contributed by atoms with van der Waals surface area (Å²) in [6, 6.07) is 7.38. The van der Waals surface area contributed by atoms with Crippen molar-refractivity contribution in [3.8, 4) is 0 Å². The van der Waals surface area contributed by atoms with Crippen molar-refractivity contribution < 1.29 is 19.1 Å². The van der Waals surface area contributed by atoms with Crippen molar-refractivity contribution in [3.63, 3.8) is 0 Å². The number of ether oxygens (including phenoxy) is 1. The largest absolute Gasteiger partial charge is 0.455 e. The Kier molecular flexibility index (Phi) is 5.73. The molecule has 23 heavy (non-hydrogen) atoms. The van der Waals surface area contributed by atoms with Crippen LogP contribution in [0, 0.1) is 12.8 Å². The van der Waals surface area contributed by atoms with Gasteiger partial charge < -0.3 is 15.0 Å². The maximum absolute atomic E-state index is 12.0. The number of anilines is 1. The van der Waals surface area contributed by atoms with Crippen LogP contribution in [0.25, 0.3) is 0 Å². The smallest absolute Gasteiger partial charge is 0.309 e. The van der Waals surface area contributed by atoms with Gasteiger partial charge >= 0.3 is 5.97 Å². The molecule has 6 heteroatoms. The van der Waals surface area contributed by atoms with Gasteiger partial charge in [-0.3, -0.25) is 14.4 Å². The second kappa shape index (κ2) is 7.76. The van der Waals surface area contributed by atoms with Crippen LogP contribution in [0.1, 0.15) is 25.3 Å². The van der Waals surface area contributed by atoms with Crippen LogP contribution in [-0.2, 0) is 19.1 Å². The molecule has 1 aliphatic rings. The number of carbonyl (C=O) groups is 3. The Labute approximate surface area is 135 Å². The van der Waals surface area contributed by atoms with Gasteiger partial charge in [0.15, 0.2) is 6.61 Å². The molecule has 0 unspecified atom stereocenters. The van der Waals surface area contributed by atoms with Crippen molar-refractivity contribution in [1.82, 2.24) is 4.90 Å². The summed E-state index contributed by atoms with van der Waals surface area (Å²) in [5.41, 5.74) is 1.78. The third-order valence-electron chi connectivity index (χ3n) is 3.95. The van der Waals surface area contributed by atoms with Crippen LogP contribution in [-0.4, -0.2) is 42.4 Å². The van der Waals surface area contributed by atoms with Gasteiger partial charge in [0.1, 0.15) is 0 Å². The summed E-state index contributed by atoms with van der Waals surface area (Å²) in [7, 11) is 0. The zero-order valence-corrected chi connectivity index (χ0v) is 13.5. The van der Waals surface area contributed by atoms with Gasteiger partial charge in [-0.05, 0) is 31.9 Å². The number of amides is 2. The van der Waals surface area contributed by atoms with Crippen LogP contribution in [0.3, 0.4) is 0 Å². The van der Waals surface area contributed by atoms with Crippen LogP contribution < -0.4 is 5.32 Å². The highest BCUT2D eigenvalue weighted by molar-refractivity contribution is 5.92. The molecule has 0 aromatic heterocycles. The lowest BCUT2D eigenvalue weighted by Gasteiger charge is -2.29. The van der Waals surface area contributed by atoms with Gasteiger partial charge in [0.25, 0.3) is 5.91 Å². The van der Waals surface area contributed by atoms with Crippen LogP contribution in [0.15, 0.2) is 24.3 Å². The first-order valence-corrected chi connectivity index (χ1v) is 7.74. The predicted molar refractivity (Wildman–Crippen MR) is 85.7 cm³/mol. The van der Waals surface area contributed by atoms with Crippen LogP contribution >= 0.6 is 0 Å². The maximum atomic E-state index is 12.0. The molecule has 1 fully saturated rings. The first-order valence-electron chi connectivity index (χ1n) is 7.74. The van der Waals surface area contributed by atoms with E-state index in [1.54, 1.807) is 17.0 Å². The maximum Gasteiger partial charge on any atom is 0.309 e. The molecule has 1 aromatic rings. The van der Waals surface area contributed by atoms with Gasteiger partial charge in [-0.15, -0.1) is 0 Å². The average Bonchev–Trinajstić information content (AvgIpc) is 2.55. The number of carbonyl (C=O) groups excluding carboxylic acids is 3. The molecular weight excluding hydrogens is 296 g/mol. The fourth-order valence-corrected chi connectivity index (χ4v) is 2.52. The predicted octanol–water partition coefficient (Wildman–Crippen LogP) is 1.74. The molecule has 0 saturated carbocycles. The van der Waals surface area contributed by atoms with E-state index in [4.69, 9.17) is 4.74 Å². The number of nitrogens with one attached hydrogen (secondary N) is 1. The number of likely N-dealkylation sites (tertiary alicyclic amines) is 1. The topological polar surface area (TPSA) is 75.7 Å². The van der Waals surface area contributed by atoms with Gasteiger partial charge in [0.05, 0.1) is 5.92 Å². The molecule has 1 heterocycles. The molecule has 2 amide bonds. The molecular formula is C17H22N2O4. The Morgan fingerprint density at radius 1 is 1.17 bits per heavy atom. The van der Waals surface area contributed by atoms with Gasteiger partial charge in [0, 0.05) is 25.7 Å². The highest BCUT2D eigenvalue weighted by Crippen LogP contribution is 2.18. The van der Waals surface area contributed by atoms with Crippen molar-refractivity contribution >= 4 is 23.5 Å². The van der Waals surface area contributed by atoms with Crippen LogP contribution in [0.5, 0.6) is 0 Å². The van der Waals surface area contributed by atoms with E-state index >= 15 is 0 Å². The lowest BCUT2D eigenvalue weighted by atomic mass is 9.97. The second-order valence-corrected chi connectivity index (χ2v) is 5.80. The van der Waals surface area contributed by atoms with Gasteiger partial charge in [-0.1, -0.05) is 17.7 Å². The van der Waals surface area contributed by atoms with Crippen molar-refractivity contribution in [1.29, 1.82) is 0 Å². The van der Waals surface area contributed by atoms with E-state index in [2.05, 4.69) is 5.32 Å². The van der Waals surface area contributed by atoms with E-state index in [0.29, 0.717) is 31.6 Å². The normalized spacial score (nSPS) is 15.1. The lowest BCUT2D eigenvalue weighted by Crippen LogP contribution is -2.39. The molecule has 0 aliphatic carbocycles. The van der Waals surface area contributed by atoms with Crippen molar-refractivity contribution in [2.75, 3.05) is 25.0 Å². The second-order valence-electron chi connectivity index (χ2n) is 5.80. The summed E-state index contributed by atoms with van der Waals surface area (Å²) in [5, 5.41) is 2.68. The monoisotopic (exact) mass is 318 g/mol. The van der Waals surface area contributed by atoms with Crippen molar-refractivity contribution in [2.24, 2.45) is 5.92 Å². The number of benzene rings is 1. The molecule has 0 atom stereocenters. The lowest BCUT2D eigenvalue weighted by molar-refractivity contribution is -0.153. The molecule has 2 rings (SSSR count). The Hall–Kier alpha value is -2.37. The molecule has 1 aliphatic heterocycles. The van der Waals surface area contributed by atoms with E-state index in [-0.39, 0.29) is 30.3 Å². The number of esters is 1. The molecule has 0 radical (unpaired) electrons. The summed E-state index contributed by atoms with van der Waals surface area (Å²) in [6.07, 6.45) is 1.16. The highest BCUT2D eigenvalue weighted by Gasteiger charge is 2.27. The summed E-state index contributed by atoms with van der Waals surface area (Å²) in [4.78, 5) is 36.7. The Morgan fingerprint density at radius 3 is 2.35 bits per heavy atom. The number of aryl methyl sites for hydroxylation is 1. The van der Waals surface area contributed by atoms with Crippen LogP contribution in [0.4, 0.5) is 5.69 Å². The van der Waals surface area contributed by atoms with Crippen molar-refractivity contribution in [2.45, 2.75) is 26.7 Å². The van der Waals surface area contributed by atoms with E-state index in [9.17, 15) is 14.4 Å². The zero-order valence-electron chi connectivity index (χ0n) is 13.5. The standard InChI is InChI=1S/C17H22N2O4/c1-12-3-5-15(6-4-12)18-16(21)11-23-17(22)14-7-9-19(10-8-14)13(2)20/h3-6,14H,7-11H2,1-2H3,(H,18,21).